The summed E-state index contributed by atoms with van der Waals surface area (Å²) >= 11 is 0. The topological polar surface area (TPSA) is 57.0 Å². The molecule has 0 saturated carbocycles. The number of fused-ring (bicyclic) bond motifs is 10. The first kappa shape index (κ1) is 31.6. The molecule has 0 bridgehead atoms. The molecule has 0 amide bonds. The van der Waals surface area contributed by atoms with Crippen molar-refractivity contribution in [2.75, 3.05) is 0 Å². The molecule has 57 heavy (non-hydrogen) atoms. The fraction of sp³-hybridized carbons (Fsp3) is 0. The second kappa shape index (κ2) is 12.4. The number of nitrogens with zero attached hydrogens (tertiary/aromatic N) is 3. The van der Waals surface area contributed by atoms with E-state index in [4.69, 9.17) is 18.8 Å². The molecule has 4 heterocycles. The highest BCUT2D eigenvalue weighted by Gasteiger charge is 2.20. The molecule has 0 aliphatic rings. The number of rotatable bonds is 5. The van der Waals surface area contributed by atoms with Crippen molar-refractivity contribution in [3.8, 4) is 50.7 Å². The van der Waals surface area contributed by atoms with Gasteiger partial charge in [0.2, 0.25) is 0 Å². The van der Waals surface area contributed by atoms with Gasteiger partial charge in [-0.2, -0.15) is 0 Å². The highest BCUT2D eigenvalue weighted by molar-refractivity contribution is 6.25. The molecule has 4 aromatic heterocycles. The summed E-state index contributed by atoms with van der Waals surface area (Å²) in [6.07, 6.45) is 0. The van der Waals surface area contributed by atoms with Crippen molar-refractivity contribution in [3.05, 3.63) is 188 Å². The van der Waals surface area contributed by atoms with E-state index in [1.54, 1.807) is 0 Å². The maximum Gasteiger partial charge on any atom is 0.160 e. The predicted octanol–water partition coefficient (Wildman–Crippen LogP) is 14.0. The van der Waals surface area contributed by atoms with Crippen molar-refractivity contribution in [1.29, 1.82) is 0 Å². The first-order valence-corrected chi connectivity index (χ1v) is 19.1. The average Bonchev–Trinajstić information content (AvgIpc) is 3.96. The summed E-state index contributed by atoms with van der Waals surface area (Å²) in [6.45, 7) is 0. The molecule has 12 rings (SSSR count). The van der Waals surface area contributed by atoms with E-state index in [2.05, 4.69) is 144 Å². The van der Waals surface area contributed by atoms with E-state index in [9.17, 15) is 0 Å². The van der Waals surface area contributed by atoms with Gasteiger partial charge in [0.05, 0.1) is 27.8 Å². The van der Waals surface area contributed by atoms with Crippen molar-refractivity contribution in [2.45, 2.75) is 0 Å². The number of para-hydroxylation sites is 2. The number of benzene rings is 8. The highest BCUT2D eigenvalue weighted by atomic mass is 16.3. The van der Waals surface area contributed by atoms with E-state index in [0.717, 1.165) is 99.8 Å². The van der Waals surface area contributed by atoms with Crippen LogP contribution in [0.4, 0.5) is 0 Å². The summed E-state index contributed by atoms with van der Waals surface area (Å²) in [7, 11) is 0. The minimum atomic E-state index is 0.682. The Kier molecular flexibility index (Phi) is 6.86. The Morgan fingerprint density at radius 1 is 0.351 bits per heavy atom. The lowest BCUT2D eigenvalue weighted by atomic mass is 10.00. The van der Waals surface area contributed by atoms with E-state index in [-0.39, 0.29) is 0 Å². The van der Waals surface area contributed by atoms with Crippen molar-refractivity contribution in [1.82, 2.24) is 14.5 Å². The van der Waals surface area contributed by atoms with Crippen molar-refractivity contribution < 1.29 is 8.83 Å². The van der Waals surface area contributed by atoms with Gasteiger partial charge in [0, 0.05) is 49.3 Å². The van der Waals surface area contributed by atoms with Gasteiger partial charge in [-0.15, -0.1) is 0 Å². The maximum atomic E-state index is 6.58. The predicted molar refractivity (Wildman–Crippen MR) is 233 cm³/mol. The zero-order valence-corrected chi connectivity index (χ0v) is 30.6. The van der Waals surface area contributed by atoms with Gasteiger partial charge in [-0.25, -0.2) is 9.97 Å². The zero-order valence-electron chi connectivity index (χ0n) is 30.6. The van der Waals surface area contributed by atoms with Gasteiger partial charge >= 0.3 is 0 Å². The van der Waals surface area contributed by atoms with E-state index in [1.807, 2.05) is 48.5 Å². The monoisotopic (exact) mass is 729 g/mol. The largest absolute Gasteiger partial charge is 0.456 e. The van der Waals surface area contributed by atoms with E-state index >= 15 is 0 Å². The Hall–Kier alpha value is -7.76. The minimum Gasteiger partial charge on any atom is -0.456 e. The first-order chi connectivity index (χ1) is 28.2. The minimum absolute atomic E-state index is 0.682. The molecule has 0 atom stereocenters. The SMILES string of the molecule is c1ccc(-c2cc(-c3ccccc3)nc(-c3ccc(-n4c5ccccc5c5ccc6oc7ccc(-c8ccc9oc%10ccccc%10c9c8)cc7c6c54)cc3)n2)cc1. The van der Waals surface area contributed by atoms with Gasteiger partial charge < -0.3 is 13.4 Å². The quantitative estimate of drug-likeness (QED) is 0.177. The summed E-state index contributed by atoms with van der Waals surface area (Å²) in [5.74, 6) is 0.682. The highest BCUT2D eigenvalue weighted by Crippen LogP contribution is 2.42. The zero-order chi connectivity index (χ0) is 37.5. The van der Waals surface area contributed by atoms with Gasteiger partial charge in [-0.1, -0.05) is 109 Å². The molecule has 5 nitrogen and oxygen atoms in total. The molecule has 8 aromatic carbocycles. The molecule has 0 aliphatic carbocycles. The lowest BCUT2D eigenvalue weighted by molar-refractivity contribution is 0.668. The van der Waals surface area contributed by atoms with Gasteiger partial charge in [0.25, 0.3) is 0 Å². The van der Waals surface area contributed by atoms with Gasteiger partial charge in [0.15, 0.2) is 5.82 Å². The van der Waals surface area contributed by atoms with Gasteiger partial charge in [0.1, 0.15) is 22.3 Å². The van der Waals surface area contributed by atoms with Crippen LogP contribution in [0, 0.1) is 0 Å². The third-order valence-corrected chi connectivity index (χ3v) is 11.2. The summed E-state index contributed by atoms with van der Waals surface area (Å²) in [4.78, 5) is 10.2. The third-order valence-electron chi connectivity index (χ3n) is 11.2. The Labute approximate surface area is 326 Å². The van der Waals surface area contributed by atoms with Crippen LogP contribution in [0.25, 0.3) is 116 Å². The lowest BCUT2D eigenvalue weighted by Gasteiger charge is -2.12. The molecule has 0 N–H and O–H groups in total. The number of furan rings is 2. The molecule has 0 unspecified atom stereocenters. The molecular weight excluding hydrogens is 699 g/mol. The van der Waals surface area contributed by atoms with Crippen LogP contribution in [0.1, 0.15) is 0 Å². The van der Waals surface area contributed by atoms with Crippen LogP contribution in [-0.2, 0) is 0 Å². The third kappa shape index (κ3) is 5.03. The van der Waals surface area contributed by atoms with E-state index in [1.165, 1.54) is 10.8 Å². The van der Waals surface area contributed by atoms with Crippen LogP contribution in [0.3, 0.4) is 0 Å². The van der Waals surface area contributed by atoms with Crippen LogP contribution in [0.15, 0.2) is 197 Å². The Balaban J connectivity index is 1.03. The molecule has 12 aromatic rings. The van der Waals surface area contributed by atoms with Crippen molar-refractivity contribution in [3.63, 3.8) is 0 Å². The number of aromatic nitrogens is 3. The molecular formula is C52H31N3O2. The van der Waals surface area contributed by atoms with Crippen LogP contribution >= 0.6 is 0 Å². The molecule has 5 heteroatoms. The number of hydrogen-bond acceptors (Lipinski definition) is 4. The second-order valence-electron chi connectivity index (χ2n) is 14.6. The Bertz CT molecular complexity index is 3450. The fourth-order valence-corrected chi connectivity index (χ4v) is 8.52. The van der Waals surface area contributed by atoms with Crippen LogP contribution in [0.2, 0.25) is 0 Å². The standard InChI is InChI=1S/C52H31N3O2/c1-3-11-32(12-4-1)43-31-44(33-13-5-2-6-14-33)54-52(53-43)34-19-23-37(24-20-34)55-45-17-9-7-15-38(45)40-25-28-49-50(51(40)55)42-30-36(22-27-48(42)57-49)35-21-26-47-41(29-35)39-16-8-10-18-46(39)56-47/h1-31H. The molecule has 0 radical (unpaired) electrons. The van der Waals surface area contributed by atoms with Crippen LogP contribution in [0.5, 0.6) is 0 Å². The molecule has 0 aliphatic heterocycles. The Morgan fingerprint density at radius 2 is 0.895 bits per heavy atom. The lowest BCUT2D eigenvalue weighted by Crippen LogP contribution is -1.97. The summed E-state index contributed by atoms with van der Waals surface area (Å²) < 4.78 is 15.1. The van der Waals surface area contributed by atoms with Gasteiger partial charge in [-0.3, -0.25) is 0 Å². The van der Waals surface area contributed by atoms with E-state index < -0.39 is 0 Å². The molecule has 0 saturated heterocycles. The van der Waals surface area contributed by atoms with Crippen molar-refractivity contribution in [2.24, 2.45) is 0 Å². The van der Waals surface area contributed by atoms with Crippen LogP contribution < -0.4 is 0 Å². The van der Waals surface area contributed by atoms with Gasteiger partial charge in [-0.05, 0) is 90.0 Å². The summed E-state index contributed by atoms with van der Waals surface area (Å²) in [5, 5.41) is 6.75. The average molecular weight is 730 g/mol. The molecule has 266 valence electrons. The summed E-state index contributed by atoms with van der Waals surface area (Å²) in [6, 6.07) is 65.4. The van der Waals surface area contributed by atoms with Crippen LogP contribution in [-0.4, -0.2) is 14.5 Å². The van der Waals surface area contributed by atoms with E-state index in [0.29, 0.717) is 5.82 Å². The second-order valence-corrected chi connectivity index (χ2v) is 14.6. The molecule has 0 fully saturated rings. The normalized spacial score (nSPS) is 11.9. The smallest absolute Gasteiger partial charge is 0.160 e. The molecule has 0 spiro atoms. The van der Waals surface area contributed by atoms with Crippen molar-refractivity contribution >= 4 is 65.7 Å². The first-order valence-electron chi connectivity index (χ1n) is 19.1. The fourth-order valence-electron chi connectivity index (χ4n) is 8.52. The summed E-state index contributed by atoms with van der Waals surface area (Å²) in [5.41, 5.74) is 13.8. The Morgan fingerprint density at radius 3 is 1.61 bits per heavy atom. The number of hydrogen-bond donors (Lipinski definition) is 0. The maximum absolute atomic E-state index is 6.58.